The number of benzene rings is 1. The molecule has 1 saturated heterocycles. The van der Waals surface area contributed by atoms with E-state index in [4.69, 9.17) is 4.98 Å². The highest BCUT2D eigenvalue weighted by atomic mass is 16.3. The molecule has 0 spiro atoms. The lowest BCUT2D eigenvalue weighted by molar-refractivity contribution is -0.0453. The standard InChI is InChI=1S/C18H24N6O/c1-22-16-6-3-2-5-15(16)20-17(22)7-11-23-10-4-8-18(25,13-23)14-24-12-9-19-21-24/h2-3,5-6,9,12,25H,4,7-8,10-11,13-14H2,1H3. The Hall–Kier alpha value is -2.25. The maximum absolute atomic E-state index is 10.9. The minimum absolute atomic E-state index is 0.496. The van der Waals surface area contributed by atoms with Crippen LogP contribution in [0.25, 0.3) is 11.0 Å². The summed E-state index contributed by atoms with van der Waals surface area (Å²) in [6, 6.07) is 8.22. The van der Waals surface area contributed by atoms with Gasteiger partial charge in [0.05, 0.1) is 29.4 Å². The monoisotopic (exact) mass is 340 g/mol. The number of hydrogen-bond acceptors (Lipinski definition) is 5. The van der Waals surface area contributed by atoms with E-state index in [1.54, 1.807) is 17.1 Å². The van der Waals surface area contributed by atoms with Crippen molar-refractivity contribution in [3.63, 3.8) is 0 Å². The fourth-order valence-electron chi connectivity index (χ4n) is 3.82. The number of aryl methyl sites for hydroxylation is 1. The number of para-hydroxylation sites is 2. The Labute approximate surface area is 146 Å². The molecule has 0 saturated carbocycles. The van der Waals surface area contributed by atoms with E-state index < -0.39 is 5.60 Å². The summed E-state index contributed by atoms with van der Waals surface area (Å²) in [6.45, 7) is 3.08. The highest BCUT2D eigenvalue weighted by Crippen LogP contribution is 2.23. The summed E-state index contributed by atoms with van der Waals surface area (Å²) < 4.78 is 3.88. The molecule has 1 N–H and O–H groups in total. The highest BCUT2D eigenvalue weighted by molar-refractivity contribution is 5.75. The molecule has 7 nitrogen and oxygen atoms in total. The van der Waals surface area contributed by atoms with Crippen molar-refractivity contribution in [1.29, 1.82) is 0 Å². The van der Waals surface area contributed by atoms with Gasteiger partial charge in [-0.15, -0.1) is 5.10 Å². The molecule has 1 unspecified atom stereocenters. The van der Waals surface area contributed by atoms with Crippen LogP contribution in [0.3, 0.4) is 0 Å². The van der Waals surface area contributed by atoms with E-state index in [0.29, 0.717) is 13.1 Å². The minimum atomic E-state index is -0.738. The number of hydrogen-bond donors (Lipinski definition) is 1. The molecule has 1 aliphatic heterocycles. The summed E-state index contributed by atoms with van der Waals surface area (Å²) in [6.07, 6.45) is 6.13. The predicted octanol–water partition coefficient (Wildman–Crippen LogP) is 1.23. The van der Waals surface area contributed by atoms with E-state index in [2.05, 4.69) is 39.0 Å². The first-order chi connectivity index (χ1) is 12.1. The number of β-amino-alcohol motifs (C(OH)–C–C–N with tert-alkyl or cyclic N) is 1. The van der Waals surface area contributed by atoms with Gasteiger partial charge in [-0.25, -0.2) is 9.67 Å². The van der Waals surface area contributed by atoms with Crippen molar-refractivity contribution in [2.45, 2.75) is 31.4 Å². The van der Waals surface area contributed by atoms with Crippen LogP contribution in [0.4, 0.5) is 0 Å². The molecule has 3 heterocycles. The van der Waals surface area contributed by atoms with E-state index in [0.717, 1.165) is 43.7 Å². The second-order valence-electron chi connectivity index (χ2n) is 7.03. The fraction of sp³-hybridized carbons (Fsp3) is 0.500. The Morgan fingerprint density at radius 2 is 2.16 bits per heavy atom. The summed E-state index contributed by atoms with van der Waals surface area (Å²) in [5, 5.41) is 18.7. The van der Waals surface area contributed by atoms with E-state index in [-0.39, 0.29) is 0 Å². The average Bonchev–Trinajstić information content (AvgIpc) is 3.21. The molecule has 1 atom stereocenters. The number of aliphatic hydroxyl groups is 1. The third-order valence-corrected chi connectivity index (χ3v) is 5.09. The Morgan fingerprint density at radius 1 is 1.28 bits per heavy atom. The zero-order valence-electron chi connectivity index (χ0n) is 14.5. The normalized spacial score (nSPS) is 21.8. The van der Waals surface area contributed by atoms with Gasteiger partial charge in [-0.05, 0) is 31.5 Å². The maximum Gasteiger partial charge on any atom is 0.110 e. The van der Waals surface area contributed by atoms with Gasteiger partial charge in [0.1, 0.15) is 5.82 Å². The molecule has 132 valence electrons. The van der Waals surface area contributed by atoms with Crippen molar-refractivity contribution in [2.24, 2.45) is 7.05 Å². The Bertz CT molecular complexity index is 843. The molecule has 1 aliphatic rings. The average molecular weight is 340 g/mol. The van der Waals surface area contributed by atoms with Gasteiger partial charge in [-0.3, -0.25) is 4.90 Å². The van der Waals surface area contributed by atoms with Crippen LogP contribution in [0.5, 0.6) is 0 Å². The van der Waals surface area contributed by atoms with Crippen molar-refractivity contribution in [1.82, 2.24) is 29.4 Å². The van der Waals surface area contributed by atoms with Gasteiger partial charge in [-0.1, -0.05) is 17.3 Å². The summed E-state index contributed by atoms with van der Waals surface area (Å²) in [4.78, 5) is 7.08. The minimum Gasteiger partial charge on any atom is -0.387 e. The molecule has 4 rings (SSSR count). The molecule has 3 aromatic rings. The first kappa shape index (κ1) is 16.2. The second kappa shape index (κ2) is 6.57. The number of likely N-dealkylation sites (tertiary alicyclic amines) is 1. The highest BCUT2D eigenvalue weighted by Gasteiger charge is 2.33. The van der Waals surface area contributed by atoms with Gasteiger partial charge in [0.2, 0.25) is 0 Å². The predicted molar refractivity (Wildman–Crippen MR) is 95.1 cm³/mol. The Balaban J connectivity index is 1.41. The summed E-state index contributed by atoms with van der Waals surface area (Å²) in [5.41, 5.74) is 1.47. The van der Waals surface area contributed by atoms with Crippen LogP contribution < -0.4 is 0 Å². The lowest BCUT2D eigenvalue weighted by Gasteiger charge is -2.39. The van der Waals surface area contributed by atoms with Crippen LogP contribution >= 0.6 is 0 Å². The van der Waals surface area contributed by atoms with E-state index >= 15 is 0 Å². The molecule has 2 aromatic heterocycles. The quantitative estimate of drug-likeness (QED) is 0.756. The first-order valence-corrected chi connectivity index (χ1v) is 8.82. The molecule has 25 heavy (non-hydrogen) atoms. The third-order valence-electron chi connectivity index (χ3n) is 5.09. The largest absolute Gasteiger partial charge is 0.387 e. The maximum atomic E-state index is 10.9. The van der Waals surface area contributed by atoms with Crippen LogP contribution in [0.2, 0.25) is 0 Å². The van der Waals surface area contributed by atoms with Crippen molar-refractivity contribution >= 4 is 11.0 Å². The molecule has 1 fully saturated rings. The SMILES string of the molecule is Cn1c(CCN2CCCC(O)(Cn3ccnn3)C2)nc2ccccc21. The van der Waals surface area contributed by atoms with Crippen molar-refractivity contribution < 1.29 is 5.11 Å². The lowest BCUT2D eigenvalue weighted by Crippen LogP contribution is -2.51. The van der Waals surface area contributed by atoms with Gasteiger partial charge in [0, 0.05) is 32.8 Å². The van der Waals surface area contributed by atoms with Crippen LogP contribution in [0, 0.1) is 0 Å². The molecular weight excluding hydrogens is 316 g/mol. The number of fused-ring (bicyclic) bond motifs is 1. The van der Waals surface area contributed by atoms with E-state index in [1.807, 2.05) is 12.1 Å². The summed E-state index contributed by atoms with van der Waals surface area (Å²) in [7, 11) is 2.07. The zero-order chi connectivity index (χ0) is 17.3. The molecule has 0 aliphatic carbocycles. The number of aromatic nitrogens is 5. The summed E-state index contributed by atoms with van der Waals surface area (Å²) in [5.74, 6) is 1.09. The van der Waals surface area contributed by atoms with Gasteiger partial charge >= 0.3 is 0 Å². The smallest absolute Gasteiger partial charge is 0.110 e. The van der Waals surface area contributed by atoms with E-state index in [1.165, 1.54) is 5.52 Å². The molecule has 7 heteroatoms. The van der Waals surface area contributed by atoms with Gasteiger partial charge in [0.25, 0.3) is 0 Å². The molecule has 0 bridgehead atoms. The number of imidazole rings is 1. The van der Waals surface area contributed by atoms with E-state index in [9.17, 15) is 5.11 Å². The first-order valence-electron chi connectivity index (χ1n) is 8.82. The Morgan fingerprint density at radius 3 is 2.96 bits per heavy atom. The number of piperidine rings is 1. The van der Waals surface area contributed by atoms with Crippen molar-refractivity contribution in [2.75, 3.05) is 19.6 Å². The fourth-order valence-corrected chi connectivity index (χ4v) is 3.82. The third kappa shape index (κ3) is 3.43. The number of rotatable bonds is 5. The van der Waals surface area contributed by atoms with Crippen LogP contribution in [-0.2, 0) is 20.0 Å². The molecule has 1 aromatic carbocycles. The van der Waals surface area contributed by atoms with Gasteiger partial charge in [-0.2, -0.15) is 0 Å². The number of nitrogens with zero attached hydrogens (tertiary/aromatic N) is 6. The Kier molecular flexibility index (Phi) is 4.27. The summed E-state index contributed by atoms with van der Waals surface area (Å²) >= 11 is 0. The topological polar surface area (TPSA) is 72.0 Å². The lowest BCUT2D eigenvalue weighted by atomic mass is 9.92. The van der Waals surface area contributed by atoms with Crippen molar-refractivity contribution in [3.05, 3.63) is 42.5 Å². The van der Waals surface area contributed by atoms with Crippen LogP contribution in [-0.4, -0.2) is 59.8 Å². The van der Waals surface area contributed by atoms with Gasteiger partial charge in [0.15, 0.2) is 0 Å². The zero-order valence-corrected chi connectivity index (χ0v) is 14.5. The molecule has 0 amide bonds. The molecular formula is C18H24N6O. The van der Waals surface area contributed by atoms with Crippen LogP contribution in [0.1, 0.15) is 18.7 Å². The second-order valence-corrected chi connectivity index (χ2v) is 7.03. The van der Waals surface area contributed by atoms with Crippen LogP contribution in [0.15, 0.2) is 36.7 Å². The van der Waals surface area contributed by atoms with Crippen molar-refractivity contribution in [3.8, 4) is 0 Å². The molecule has 0 radical (unpaired) electrons. The van der Waals surface area contributed by atoms with Gasteiger partial charge < -0.3 is 9.67 Å².